The Bertz CT molecular complexity index is 752. The first-order valence-electron chi connectivity index (χ1n) is 9.93. The molecular formula is C23H31ClN2O3. The molecule has 2 N–H and O–H groups in total. The summed E-state index contributed by atoms with van der Waals surface area (Å²) >= 11 is 0. The van der Waals surface area contributed by atoms with E-state index in [2.05, 4.69) is 34.5 Å². The number of halogens is 1. The van der Waals surface area contributed by atoms with Crippen molar-refractivity contribution < 1.29 is 14.6 Å². The molecule has 0 aromatic heterocycles. The first-order chi connectivity index (χ1) is 13.5. The van der Waals surface area contributed by atoms with E-state index in [1.54, 1.807) is 0 Å². The van der Waals surface area contributed by atoms with Crippen molar-refractivity contribution in [2.24, 2.45) is 0 Å². The van der Waals surface area contributed by atoms with Gasteiger partial charge in [0.1, 0.15) is 6.10 Å². The van der Waals surface area contributed by atoms with E-state index in [0.717, 1.165) is 30.6 Å². The number of Topliss-reactive ketones (excluding diaryl/α,β-unsaturated/α-hetero) is 1. The quantitative estimate of drug-likeness (QED) is 0.433. The van der Waals surface area contributed by atoms with Gasteiger partial charge in [0.2, 0.25) is 0 Å². The molecule has 3 atom stereocenters. The zero-order valence-corrected chi connectivity index (χ0v) is 17.9. The van der Waals surface area contributed by atoms with E-state index in [9.17, 15) is 9.90 Å². The summed E-state index contributed by atoms with van der Waals surface area (Å²) in [6, 6.07) is 17.8. The van der Waals surface area contributed by atoms with Gasteiger partial charge in [0.15, 0.2) is 5.78 Å². The van der Waals surface area contributed by atoms with Crippen molar-refractivity contribution in [2.75, 3.05) is 32.1 Å². The lowest BCUT2D eigenvalue weighted by molar-refractivity contribution is 0.0403. The van der Waals surface area contributed by atoms with Gasteiger partial charge in [0, 0.05) is 44.4 Å². The van der Waals surface area contributed by atoms with Gasteiger partial charge in [-0.15, -0.1) is 12.4 Å². The Labute approximate surface area is 179 Å². The number of carbonyl (C=O) groups is 1. The fourth-order valence-electron chi connectivity index (χ4n) is 3.15. The smallest absolute Gasteiger partial charge is 0.191 e. The lowest BCUT2D eigenvalue weighted by atomic mass is 9.99. The van der Waals surface area contributed by atoms with Gasteiger partial charge in [0.25, 0.3) is 0 Å². The van der Waals surface area contributed by atoms with Crippen molar-refractivity contribution in [3.05, 3.63) is 65.7 Å². The molecule has 0 amide bonds. The average molecular weight is 419 g/mol. The Balaban J connectivity index is 0.00000300. The van der Waals surface area contributed by atoms with E-state index in [1.165, 1.54) is 0 Å². The molecule has 2 aromatic carbocycles. The van der Waals surface area contributed by atoms with Gasteiger partial charge >= 0.3 is 0 Å². The number of benzene rings is 2. The van der Waals surface area contributed by atoms with Crippen LogP contribution in [-0.4, -0.2) is 56.4 Å². The highest BCUT2D eigenvalue weighted by Crippen LogP contribution is 2.20. The Morgan fingerprint density at radius 2 is 1.83 bits per heavy atom. The molecule has 0 saturated heterocycles. The van der Waals surface area contributed by atoms with Crippen molar-refractivity contribution in [1.29, 1.82) is 0 Å². The first-order valence-corrected chi connectivity index (χ1v) is 9.93. The van der Waals surface area contributed by atoms with Gasteiger partial charge in [-0.25, -0.2) is 0 Å². The summed E-state index contributed by atoms with van der Waals surface area (Å²) in [6.45, 7) is 1.29. The molecule has 0 radical (unpaired) electrons. The number of aliphatic hydroxyl groups excluding tert-OH is 1. The monoisotopic (exact) mass is 418 g/mol. The fourth-order valence-corrected chi connectivity index (χ4v) is 3.15. The van der Waals surface area contributed by atoms with Crippen molar-refractivity contribution in [3.63, 3.8) is 0 Å². The second kappa shape index (κ2) is 11.3. The van der Waals surface area contributed by atoms with E-state index in [-0.39, 0.29) is 30.3 Å². The van der Waals surface area contributed by atoms with Crippen LogP contribution in [0.4, 0.5) is 5.69 Å². The predicted octanol–water partition coefficient (Wildman–Crippen LogP) is 3.10. The number of hydrogen-bond acceptors (Lipinski definition) is 5. The Morgan fingerprint density at radius 3 is 2.41 bits per heavy atom. The van der Waals surface area contributed by atoms with Crippen LogP contribution in [0.3, 0.4) is 0 Å². The maximum Gasteiger partial charge on any atom is 0.191 e. The van der Waals surface area contributed by atoms with E-state index in [1.807, 2.05) is 44.4 Å². The molecule has 158 valence electrons. The summed E-state index contributed by atoms with van der Waals surface area (Å²) in [5, 5.41) is 12.6. The number of nitrogens with one attached hydrogen (secondary N) is 1. The fraction of sp³-hybridized carbons (Fsp3) is 0.435. The van der Waals surface area contributed by atoms with Crippen LogP contribution in [-0.2, 0) is 11.2 Å². The summed E-state index contributed by atoms with van der Waals surface area (Å²) in [5.41, 5.74) is 2.89. The number of carbonyl (C=O) groups excluding carboxylic acids is 1. The molecule has 1 aliphatic carbocycles. The molecule has 3 rings (SSSR count). The van der Waals surface area contributed by atoms with Gasteiger partial charge in [-0.1, -0.05) is 42.5 Å². The summed E-state index contributed by atoms with van der Waals surface area (Å²) in [4.78, 5) is 15.0. The molecule has 3 unspecified atom stereocenters. The number of ether oxygens (including phenoxy) is 1. The van der Waals surface area contributed by atoms with E-state index in [4.69, 9.17) is 4.74 Å². The molecule has 0 bridgehead atoms. The third-order valence-electron chi connectivity index (χ3n) is 5.03. The number of rotatable bonds is 11. The van der Waals surface area contributed by atoms with Crippen molar-refractivity contribution in [1.82, 2.24) is 5.32 Å². The van der Waals surface area contributed by atoms with Crippen molar-refractivity contribution in [3.8, 4) is 0 Å². The number of ketones is 1. The normalized spacial score (nSPS) is 18.6. The largest absolute Gasteiger partial charge is 0.391 e. The van der Waals surface area contributed by atoms with Crippen molar-refractivity contribution >= 4 is 23.9 Å². The van der Waals surface area contributed by atoms with E-state index in [0.29, 0.717) is 18.6 Å². The van der Waals surface area contributed by atoms with Crippen LogP contribution in [0.15, 0.2) is 54.6 Å². The molecule has 5 nitrogen and oxygen atoms in total. The zero-order chi connectivity index (χ0) is 19.9. The Morgan fingerprint density at radius 1 is 1.17 bits per heavy atom. The van der Waals surface area contributed by atoms with Crippen LogP contribution in [0.25, 0.3) is 0 Å². The van der Waals surface area contributed by atoms with Crippen LogP contribution in [0, 0.1) is 0 Å². The van der Waals surface area contributed by atoms with Gasteiger partial charge in [-0.2, -0.15) is 0 Å². The van der Waals surface area contributed by atoms with Gasteiger partial charge in [0.05, 0.1) is 6.10 Å². The molecule has 0 aliphatic heterocycles. The van der Waals surface area contributed by atoms with Crippen LogP contribution in [0.5, 0.6) is 0 Å². The summed E-state index contributed by atoms with van der Waals surface area (Å²) in [7, 11) is 4.02. The highest BCUT2D eigenvalue weighted by atomic mass is 35.5. The molecule has 2 aromatic rings. The Kier molecular flexibility index (Phi) is 9.11. The molecule has 6 heteroatoms. The van der Waals surface area contributed by atoms with E-state index < -0.39 is 6.10 Å². The zero-order valence-electron chi connectivity index (χ0n) is 17.1. The maximum atomic E-state index is 13.0. The van der Waals surface area contributed by atoms with Crippen LogP contribution in [0.2, 0.25) is 0 Å². The topological polar surface area (TPSA) is 61.8 Å². The van der Waals surface area contributed by atoms with Crippen LogP contribution in [0.1, 0.15) is 28.8 Å². The standard InChI is InChI=1S/C23H30N2O3.ClH/c1-25(2)19-11-9-17(10-12-19)15-22(23(27)18-7-4-3-5-8-18)28-14-6-13-24-20-16-21(20)26;/h3-5,7-12,20-22,24,26H,6,13-16H2,1-2H3;1H. The second-order valence-corrected chi connectivity index (χ2v) is 7.57. The van der Waals surface area contributed by atoms with Gasteiger partial charge in [-0.3, -0.25) is 4.79 Å². The molecule has 1 aliphatic rings. The highest BCUT2D eigenvalue weighted by molar-refractivity contribution is 5.99. The van der Waals surface area contributed by atoms with Crippen molar-refractivity contribution in [2.45, 2.75) is 37.5 Å². The minimum absolute atomic E-state index is 0. The first kappa shape index (κ1) is 23.4. The Hall–Kier alpha value is -1.92. The molecule has 1 saturated carbocycles. The SMILES string of the molecule is CN(C)c1ccc(CC(OCCCNC2CC2O)C(=O)c2ccccc2)cc1.Cl. The van der Waals surface area contributed by atoms with E-state index >= 15 is 0 Å². The summed E-state index contributed by atoms with van der Waals surface area (Å²) < 4.78 is 6.01. The number of aliphatic hydroxyl groups is 1. The number of hydrogen-bond donors (Lipinski definition) is 2. The number of nitrogens with zero attached hydrogens (tertiary/aromatic N) is 1. The van der Waals surface area contributed by atoms with Crippen LogP contribution >= 0.6 is 12.4 Å². The number of anilines is 1. The van der Waals surface area contributed by atoms with Gasteiger partial charge < -0.3 is 20.1 Å². The maximum absolute atomic E-state index is 13.0. The molecular weight excluding hydrogens is 388 g/mol. The van der Waals surface area contributed by atoms with Gasteiger partial charge in [-0.05, 0) is 37.1 Å². The molecule has 1 fully saturated rings. The summed E-state index contributed by atoms with van der Waals surface area (Å²) in [5.74, 6) is 0.0165. The molecule has 29 heavy (non-hydrogen) atoms. The third kappa shape index (κ3) is 7.12. The summed E-state index contributed by atoms with van der Waals surface area (Å²) in [6.07, 6.45) is 1.49. The highest BCUT2D eigenvalue weighted by Gasteiger charge is 2.34. The minimum Gasteiger partial charge on any atom is -0.391 e. The lowest BCUT2D eigenvalue weighted by Gasteiger charge is -2.18. The minimum atomic E-state index is -0.501. The third-order valence-corrected chi connectivity index (χ3v) is 5.03. The molecule has 0 spiro atoms. The van der Waals surface area contributed by atoms with Crippen LogP contribution < -0.4 is 10.2 Å². The average Bonchev–Trinajstić information content (AvgIpc) is 3.42. The second-order valence-electron chi connectivity index (χ2n) is 7.57. The lowest BCUT2D eigenvalue weighted by Crippen LogP contribution is -2.29. The predicted molar refractivity (Wildman–Crippen MR) is 119 cm³/mol. The molecule has 0 heterocycles.